The van der Waals surface area contributed by atoms with Gasteiger partial charge in [-0.3, -0.25) is 0 Å². The van der Waals surface area contributed by atoms with E-state index in [1.165, 1.54) is 18.3 Å². The summed E-state index contributed by atoms with van der Waals surface area (Å²) in [5.74, 6) is -1.69. The molecule has 0 fully saturated rings. The van der Waals surface area contributed by atoms with Crippen LogP contribution >= 0.6 is 0 Å². The summed E-state index contributed by atoms with van der Waals surface area (Å²) >= 11 is 0. The Morgan fingerprint density at radius 2 is 2.18 bits per heavy atom. The fraction of sp³-hybridized carbons (Fsp3) is 0. The van der Waals surface area contributed by atoms with Crippen LogP contribution in [0.15, 0.2) is 30.7 Å². The monoisotopic (exact) mass is 234 g/mol. The molecule has 0 spiro atoms. The number of hydrogen-bond donors (Lipinski definition) is 2. The van der Waals surface area contributed by atoms with Gasteiger partial charge in [-0.05, 0) is 12.1 Å². The lowest BCUT2D eigenvalue weighted by Gasteiger charge is -2.05. The number of pyridine rings is 1. The molecule has 0 aliphatic carbocycles. The molecule has 2 rings (SSSR count). The average molecular weight is 234 g/mol. The van der Waals surface area contributed by atoms with Crippen LogP contribution in [0.5, 0.6) is 0 Å². The number of nitrogens with zero attached hydrogens (tertiary/aromatic N) is 3. The Kier molecular flexibility index (Phi) is 2.91. The van der Waals surface area contributed by atoms with E-state index < -0.39 is 11.9 Å². The summed E-state index contributed by atoms with van der Waals surface area (Å²) < 4.78 is 13.2. The molecule has 0 amide bonds. The van der Waals surface area contributed by atoms with Crippen LogP contribution < -0.4 is 5.32 Å². The Morgan fingerprint density at radius 3 is 2.88 bits per heavy atom. The van der Waals surface area contributed by atoms with Crippen molar-refractivity contribution in [3.63, 3.8) is 0 Å². The number of aromatic nitrogens is 3. The van der Waals surface area contributed by atoms with Crippen LogP contribution in [-0.4, -0.2) is 26.0 Å². The lowest BCUT2D eigenvalue weighted by molar-refractivity contribution is 0.0690. The fourth-order valence-corrected chi connectivity index (χ4v) is 1.16. The van der Waals surface area contributed by atoms with Crippen LogP contribution in [0.1, 0.15) is 10.5 Å². The second-order valence-corrected chi connectivity index (χ2v) is 3.06. The van der Waals surface area contributed by atoms with Crippen molar-refractivity contribution in [2.24, 2.45) is 0 Å². The maximum atomic E-state index is 13.2. The molecule has 0 saturated carbocycles. The van der Waals surface area contributed by atoms with E-state index in [1.54, 1.807) is 6.07 Å². The maximum Gasteiger partial charge on any atom is 0.354 e. The summed E-state index contributed by atoms with van der Waals surface area (Å²) in [7, 11) is 0. The van der Waals surface area contributed by atoms with Gasteiger partial charge in [0, 0.05) is 12.3 Å². The summed E-state index contributed by atoms with van der Waals surface area (Å²) in [6, 6.07) is 4.21. The number of carboxylic acids is 1. The minimum atomic E-state index is -1.18. The van der Waals surface area contributed by atoms with E-state index in [2.05, 4.69) is 20.3 Å². The quantitative estimate of drug-likeness (QED) is 0.781. The van der Waals surface area contributed by atoms with Gasteiger partial charge < -0.3 is 10.4 Å². The van der Waals surface area contributed by atoms with Crippen LogP contribution in [0.2, 0.25) is 0 Å². The molecule has 0 saturated heterocycles. The van der Waals surface area contributed by atoms with Crippen molar-refractivity contribution < 1.29 is 14.3 Å². The number of rotatable bonds is 3. The van der Waals surface area contributed by atoms with Crippen LogP contribution in [0.4, 0.5) is 15.9 Å². The van der Waals surface area contributed by atoms with Gasteiger partial charge in [0.15, 0.2) is 5.69 Å². The molecule has 6 nitrogen and oxygen atoms in total. The first-order valence-electron chi connectivity index (χ1n) is 4.59. The normalized spacial score (nSPS) is 9.94. The lowest BCUT2D eigenvalue weighted by atomic mass is 10.3. The molecule has 2 aromatic rings. The highest BCUT2D eigenvalue weighted by atomic mass is 19.1. The zero-order valence-corrected chi connectivity index (χ0v) is 8.46. The Morgan fingerprint density at radius 1 is 1.35 bits per heavy atom. The number of carboxylic acid groups (broad SMARTS) is 1. The second-order valence-electron chi connectivity index (χ2n) is 3.06. The van der Waals surface area contributed by atoms with Crippen molar-refractivity contribution in [3.05, 3.63) is 42.4 Å². The topological polar surface area (TPSA) is 88.0 Å². The minimum absolute atomic E-state index is 0.113. The molecule has 0 radical (unpaired) electrons. The number of hydrogen-bond acceptors (Lipinski definition) is 5. The summed E-state index contributed by atoms with van der Waals surface area (Å²) in [6.45, 7) is 0. The van der Waals surface area contributed by atoms with E-state index in [-0.39, 0.29) is 17.2 Å². The highest BCUT2D eigenvalue weighted by molar-refractivity contribution is 5.86. The zero-order valence-electron chi connectivity index (χ0n) is 8.46. The van der Waals surface area contributed by atoms with Gasteiger partial charge in [0.2, 0.25) is 5.95 Å². The molecule has 86 valence electrons. The lowest BCUT2D eigenvalue weighted by Crippen LogP contribution is -2.04. The Bertz CT molecular complexity index is 562. The molecule has 0 aliphatic rings. The van der Waals surface area contributed by atoms with Gasteiger partial charge >= 0.3 is 5.97 Å². The van der Waals surface area contributed by atoms with Gasteiger partial charge in [-0.2, -0.15) is 4.39 Å². The zero-order chi connectivity index (χ0) is 12.3. The van der Waals surface area contributed by atoms with E-state index in [0.717, 1.165) is 6.33 Å². The summed E-state index contributed by atoms with van der Waals surface area (Å²) in [4.78, 5) is 21.4. The van der Waals surface area contributed by atoms with Crippen LogP contribution in [-0.2, 0) is 0 Å². The largest absolute Gasteiger partial charge is 0.477 e. The van der Waals surface area contributed by atoms with E-state index in [1.807, 2.05) is 0 Å². The van der Waals surface area contributed by atoms with Crippen molar-refractivity contribution >= 4 is 17.5 Å². The van der Waals surface area contributed by atoms with Crippen LogP contribution in [0, 0.1) is 5.95 Å². The molecule has 0 unspecified atom stereocenters. The number of halogens is 1. The van der Waals surface area contributed by atoms with E-state index in [4.69, 9.17) is 5.11 Å². The van der Waals surface area contributed by atoms with Crippen molar-refractivity contribution in [3.8, 4) is 0 Å². The van der Waals surface area contributed by atoms with Gasteiger partial charge in [0.05, 0.1) is 5.69 Å². The van der Waals surface area contributed by atoms with Crippen LogP contribution in [0.3, 0.4) is 0 Å². The fourth-order valence-electron chi connectivity index (χ4n) is 1.16. The summed E-state index contributed by atoms with van der Waals surface area (Å²) in [5, 5.41) is 11.3. The third-order valence-electron chi connectivity index (χ3n) is 1.91. The molecule has 7 heteroatoms. The van der Waals surface area contributed by atoms with Gasteiger partial charge in [-0.15, -0.1) is 0 Å². The Labute approximate surface area is 95.2 Å². The number of anilines is 2. The molecule has 0 aliphatic heterocycles. The van der Waals surface area contributed by atoms with E-state index in [9.17, 15) is 9.18 Å². The third-order valence-corrected chi connectivity index (χ3v) is 1.91. The van der Waals surface area contributed by atoms with Crippen molar-refractivity contribution in [1.82, 2.24) is 15.0 Å². The summed E-state index contributed by atoms with van der Waals surface area (Å²) in [6.07, 6.45) is 2.39. The number of carbonyl (C=O) groups is 1. The van der Waals surface area contributed by atoms with Gasteiger partial charge in [0.25, 0.3) is 0 Å². The first-order valence-corrected chi connectivity index (χ1v) is 4.59. The predicted molar refractivity (Wildman–Crippen MR) is 56.5 cm³/mol. The molecular formula is C10H7FN4O2. The highest BCUT2D eigenvalue weighted by Gasteiger charge is 2.08. The van der Waals surface area contributed by atoms with E-state index in [0.29, 0.717) is 0 Å². The van der Waals surface area contributed by atoms with Gasteiger partial charge in [0.1, 0.15) is 12.1 Å². The first kappa shape index (κ1) is 10.9. The Hall–Kier alpha value is -2.57. The van der Waals surface area contributed by atoms with Crippen molar-refractivity contribution in [2.75, 3.05) is 5.32 Å². The van der Waals surface area contributed by atoms with Crippen molar-refractivity contribution in [1.29, 1.82) is 0 Å². The highest BCUT2D eigenvalue weighted by Crippen LogP contribution is 2.16. The van der Waals surface area contributed by atoms with Gasteiger partial charge in [-0.1, -0.05) is 0 Å². The predicted octanol–water partition coefficient (Wildman–Crippen LogP) is 1.45. The second kappa shape index (κ2) is 4.52. The van der Waals surface area contributed by atoms with Gasteiger partial charge in [-0.25, -0.2) is 19.7 Å². The SMILES string of the molecule is O=C(O)c1cc(Nc2cccnc2F)ncn1. The standard InChI is InChI=1S/C10H7FN4O2/c11-9-6(2-1-3-12-9)15-8-4-7(10(16)17)13-5-14-8/h1-5H,(H,16,17)(H,13,14,15). The van der Waals surface area contributed by atoms with Crippen LogP contribution in [0.25, 0.3) is 0 Å². The molecule has 0 aromatic carbocycles. The third kappa shape index (κ3) is 2.51. The molecule has 2 heterocycles. The minimum Gasteiger partial charge on any atom is -0.477 e. The first-order chi connectivity index (χ1) is 8.16. The molecule has 2 N–H and O–H groups in total. The molecular weight excluding hydrogens is 227 g/mol. The van der Waals surface area contributed by atoms with E-state index >= 15 is 0 Å². The molecule has 2 aromatic heterocycles. The molecule has 0 atom stereocenters. The average Bonchev–Trinajstić information content (AvgIpc) is 2.32. The smallest absolute Gasteiger partial charge is 0.354 e. The summed E-state index contributed by atoms with van der Waals surface area (Å²) in [5.41, 5.74) is -0.0608. The maximum absolute atomic E-state index is 13.2. The number of nitrogens with one attached hydrogen (secondary N) is 1. The van der Waals surface area contributed by atoms with Crippen molar-refractivity contribution in [2.45, 2.75) is 0 Å². The number of aromatic carboxylic acids is 1. The molecule has 17 heavy (non-hydrogen) atoms. The Balaban J connectivity index is 2.28. The molecule has 0 bridgehead atoms.